The number of nitrogens with two attached hydrogens (primary N) is 1. The maximum absolute atomic E-state index is 12.6. The number of benzene rings is 2. The number of rotatable bonds is 1. The molecule has 2 aromatic carbocycles. The molecule has 1 aliphatic rings. The van der Waals surface area contributed by atoms with Gasteiger partial charge in [0.15, 0.2) is 0 Å². The van der Waals surface area contributed by atoms with Gasteiger partial charge in [0.2, 0.25) is 11.6 Å². The number of phenolic OH excluding ortho intramolecular Hbond substituents is 2. The number of aromatic hydroxyl groups is 2. The van der Waals surface area contributed by atoms with Gasteiger partial charge in [-0.25, -0.2) is 0 Å². The molecule has 4 N–H and O–H groups in total. The topological polar surface area (TPSA) is 144 Å². The number of anilines is 1. The summed E-state index contributed by atoms with van der Waals surface area (Å²) in [6.45, 7) is 0. The second kappa shape index (κ2) is 4.68. The summed E-state index contributed by atoms with van der Waals surface area (Å²) in [6.07, 6.45) is 0. The van der Waals surface area contributed by atoms with Crippen molar-refractivity contribution in [2.24, 2.45) is 0 Å². The quantitative estimate of drug-likeness (QED) is 0.267. The van der Waals surface area contributed by atoms with Crippen LogP contribution in [0.25, 0.3) is 0 Å². The van der Waals surface area contributed by atoms with Gasteiger partial charge in [-0.15, -0.1) is 0 Å². The van der Waals surface area contributed by atoms with Gasteiger partial charge in [0, 0.05) is 11.8 Å². The smallest absolute Gasteiger partial charge is 0.283 e. The van der Waals surface area contributed by atoms with Gasteiger partial charge in [0.1, 0.15) is 17.1 Å². The van der Waals surface area contributed by atoms with Gasteiger partial charge in [-0.3, -0.25) is 19.7 Å². The van der Waals surface area contributed by atoms with E-state index in [1.54, 1.807) is 0 Å². The van der Waals surface area contributed by atoms with Crippen LogP contribution in [-0.2, 0) is 0 Å². The minimum absolute atomic E-state index is 0.108. The van der Waals surface area contributed by atoms with Crippen molar-refractivity contribution >= 4 is 34.5 Å². The predicted octanol–water partition coefficient (Wildman–Crippen LogP) is 2.02. The van der Waals surface area contributed by atoms with Crippen LogP contribution in [0.5, 0.6) is 11.5 Å². The third-order valence-corrected chi connectivity index (χ3v) is 3.84. The molecule has 23 heavy (non-hydrogen) atoms. The molecule has 0 aliphatic heterocycles. The van der Waals surface area contributed by atoms with E-state index >= 15 is 0 Å². The Balaban J connectivity index is 2.50. The zero-order chi connectivity index (χ0) is 17.0. The number of halogens is 1. The molecule has 3 rings (SSSR count). The van der Waals surface area contributed by atoms with Crippen molar-refractivity contribution in [3.05, 3.63) is 55.6 Å². The minimum atomic E-state index is -0.988. The summed E-state index contributed by atoms with van der Waals surface area (Å²) in [5.74, 6) is -3.20. The first-order valence-corrected chi connectivity index (χ1v) is 6.54. The van der Waals surface area contributed by atoms with Gasteiger partial charge >= 0.3 is 0 Å². The standard InChI is InChI=1S/C14H7ClN2O6/c15-4-3-6(17(22)23)9-11(12(4)19)13(20)8-5(16)1-2-7(18)10(8)14(9)21/h1-3,18-19H,16H2. The van der Waals surface area contributed by atoms with E-state index in [0.717, 1.165) is 12.1 Å². The van der Waals surface area contributed by atoms with Crippen LogP contribution >= 0.6 is 11.6 Å². The summed E-state index contributed by atoms with van der Waals surface area (Å²) < 4.78 is 0. The summed E-state index contributed by atoms with van der Waals surface area (Å²) in [5.41, 5.74) is 2.83. The Kier molecular flexibility index (Phi) is 3.01. The number of nitro benzene ring substituents is 1. The molecule has 0 amide bonds. The lowest BCUT2D eigenvalue weighted by molar-refractivity contribution is -0.385. The molecule has 9 heteroatoms. The fraction of sp³-hybridized carbons (Fsp3) is 0. The van der Waals surface area contributed by atoms with Crippen molar-refractivity contribution in [2.45, 2.75) is 0 Å². The van der Waals surface area contributed by atoms with Gasteiger partial charge in [-0.05, 0) is 12.1 Å². The molecule has 0 bridgehead atoms. The summed E-state index contributed by atoms with van der Waals surface area (Å²) >= 11 is 5.71. The summed E-state index contributed by atoms with van der Waals surface area (Å²) in [6, 6.07) is 3.08. The fourth-order valence-electron chi connectivity index (χ4n) is 2.55. The lowest BCUT2D eigenvalue weighted by Crippen LogP contribution is -2.24. The van der Waals surface area contributed by atoms with Gasteiger partial charge in [-0.2, -0.15) is 0 Å². The third kappa shape index (κ3) is 1.85. The molecule has 0 unspecified atom stereocenters. The molecule has 0 aromatic heterocycles. The van der Waals surface area contributed by atoms with E-state index < -0.39 is 55.4 Å². The molecule has 116 valence electrons. The van der Waals surface area contributed by atoms with E-state index in [1.165, 1.54) is 6.07 Å². The van der Waals surface area contributed by atoms with Crippen LogP contribution in [0.3, 0.4) is 0 Å². The lowest BCUT2D eigenvalue weighted by Gasteiger charge is -2.20. The predicted molar refractivity (Wildman–Crippen MR) is 79.2 cm³/mol. The number of phenols is 2. The van der Waals surface area contributed by atoms with Crippen molar-refractivity contribution in [2.75, 3.05) is 5.73 Å². The molecular formula is C14H7ClN2O6. The zero-order valence-electron chi connectivity index (χ0n) is 11.2. The Morgan fingerprint density at radius 2 is 1.65 bits per heavy atom. The number of carbonyl (C=O) groups is 2. The highest BCUT2D eigenvalue weighted by atomic mass is 35.5. The van der Waals surface area contributed by atoms with E-state index in [4.69, 9.17) is 17.3 Å². The van der Waals surface area contributed by atoms with Gasteiger partial charge < -0.3 is 15.9 Å². The lowest BCUT2D eigenvalue weighted by atomic mass is 9.81. The molecule has 0 atom stereocenters. The summed E-state index contributed by atoms with van der Waals surface area (Å²) in [4.78, 5) is 35.4. The normalized spacial score (nSPS) is 12.7. The van der Waals surface area contributed by atoms with Crippen LogP contribution in [0.1, 0.15) is 31.8 Å². The number of carbonyl (C=O) groups excluding carboxylic acids is 2. The van der Waals surface area contributed by atoms with Crippen LogP contribution in [0.15, 0.2) is 18.2 Å². The maximum atomic E-state index is 12.6. The Hall–Kier alpha value is -3.13. The molecule has 8 nitrogen and oxygen atoms in total. The SMILES string of the molecule is Nc1ccc(O)c2c1C(=O)c1c(O)c(Cl)cc([N+](=O)[O-])c1C2=O. The fourth-order valence-corrected chi connectivity index (χ4v) is 2.75. The van der Waals surface area contributed by atoms with E-state index in [1.807, 2.05) is 0 Å². The summed E-state index contributed by atoms with van der Waals surface area (Å²) in [5, 5.41) is 30.6. The summed E-state index contributed by atoms with van der Waals surface area (Å²) in [7, 11) is 0. The molecular weight excluding hydrogens is 328 g/mol. The Morgan fingerprint density at radius 1 is 1.04 bits per heavy atom. The maximum Gasteiger partial charge on any atom is 0.283 e. The van der Waals surface area contributed by atoms with Crippen LogP contribution < -0.4 is 5.73 Å². The van der Waals surface area contributed by atoms with Crippen molar-refractivity contribution in [3.63, 3.8) is 0 Å². The molecule has 2 aromatic rings. The number of hydrogen-bond acceptors (Lipinski definition) is 7. The monoisotopic (exact) mass is 334 g/mol. The number of ketones is 2. The second-order valence-electron chi connectivity index (χ2n) is 4.82. The number of nitro groups is 1. The first-order chi connectivity index (χ1) is 10.8. The molecule has 0 heterocycles. The highest BCUT2D eigenvalue weighted by molar-refractivity contribution is 6.37. The third-order valence-electron chi connectivity index (χ3n) is 3.55. The van der Waals surface area contributed by atoms with E-state index in [-0.39, 0.29) is 11.3 Å². The van der Waals surface area contributed by atoms with E-state index in [9.17, 15) is 29.9 Å². The van der Waals surface area contributed by atoms with Gasteiger partial charge in [0.05, 0.1) is 26.6 Å². The van der Waals surface area contributed by atoms with Crippen LogP contribution in [0, 0.1) is 10.1 Å². The molecule has 0 radical (unpaired) electrons. The number of nitrogens with zero attached hydrogens (tertiary/aromatic N) is 1. The Labute approximate surface area is 132 Å². The second-order valence-corrected chi connectivity index (χ2v) is 5.22. The largest absolute Gasteiger partial charge is 0.507 e. The minimum Gasteiger partial charge on any atom is -0.507 e. The molecule has 0 saturated heterocycles. The average molecular weight is 335 g/mol. The first kappa shape index (κ1) is 14.8. The molecule has 0 spiro atoms. The van der Waals surface area contributed by atoms with Gasteiger partial charge in [-0.1, -0.05) is 11.6 Å². The van der Waals surface area contributed by atoms with E-state index in [2.05, 4.69) is 0 Å². The van der Waals surface area contributed by atoms with Crippen molar-refractivity contribution < 1.29 is 24.7 Å². The highest BCUT2D eigenvalue weighted by Gasteiger charge is 2.41. The van der Waals surface area contributed by atoms with Crippen LogP contribution in [0.4, 0.5) is 11.4 Å². The van der Waals surface area contributed by atoms with Crippen molar-refractivity contribution in [3.8, 4) is 11.5 Å². The Morgan fingerprint density at radius 3 is 2.26 bits per heavy atom. The van der Waals surface area contributed by atoms with Crippen LogP contribution in [0.2, 0.25) is 5.02 Å². The highest BCUT2D eigenvalue weighted by Crippen LogP contribution is 2.44. The zero-order valence-corrected chi connectivity index (χ0v) is 11.9. The van der Waals surface area contributed by atoms with E-state index in [0.29, 0.717) is 0 Å². The molecule has 1 aliphatic carbocycles. The Bertz CT molecular complexity index is 938. The van der Waals surface area contributed by atoms with Gasteiger partial charge in [0.25, 0.3) is 5.69 Å². The average Bonchev–Trinajstić information content (AvgIpc) is 2.49. The van der Waals surface area contributed by atoms with Crippen LogP contribution in [-0.4, -0.2) is 26.7 Å². The van der Waals surface area contributed by atoms with Crippen molar-refractivity contribution in [1.29, 1.82) is 0 Å². The number of hydrogen-bond donors (Lipinski definition) is 3. The molecule has 0 saturated carbocycles. The molecule has 0 fully saturated rings. The number of fused-ring (bicyclic) bond motifs is 2. The number of nitrogen functional groups attached to an aromatic ring is 1. The first-order valence-electron chi connectivity index (χ1n) is 6.16. The van der Waals surface area contributed by atoms with Crippen molar-refractivity contribution in [1.82, 2.24) is 0 Å².